The Balaban J connectivity index is 1.41. The second-order valence-electron chi connectivity index (χ2n) is 9.52. The fourth-order valence-electron chi connectivity index (χ4n) is 4.74. The lowest BCUT2D eigenvalue weighted by Crippen LogP contribution is -2.46. The van der Waals surface area contributed by atoms with Crippen LogP contribution in [0.2, 0.25) is 0 Å². The number of thiazole rings is 1. The van der Waals surface area contributed by atoms with Crippen LogP contribution in [0.5, 0.6) is 0 Å². The van der Waals surface area contributed by atoms with Crippen LogP contribution in [0.4, 0.5) is 5.13 Å². The fraction of sp³-hybridized carbons (Fsp3) is 0.385. The largest absolute Gasteiger partial charge is 0.377 e. The van der Waals surface area contributed by atoms with Gasteiger partial charge in [-0.05, 0) is 41.0 Å². The highest BCUT2D eigenvalue weighted by Crippen LogP contribution is 2.40. The number of Topliss-reactive ketones (excluding diaryl/α,β-unsaturated/α-hetero) is 1. The van der Waals surface area contributed by atoms with Crippen LogP contribution in [0, 0.1) is 5.41 Å². The molecule has 0 bridgehead atoms. The molecule has 0 N–H and O–H groups in total. The molecule has 3 aromatic rings. The number of carbonyl (C=O) groups excluding carboxylic acids is 1. The Hall–Kier alpha value is -2.02. The molecule has 1 aliphatic heterocycles. The summed E-state index contributed by atoms with van der Waals surface area (Å²) in [6, 6.07) is 17.3. The number of ether oxygens (including phenoxy) is 1. The van der Waals surface area contributed by atoms with Gasteiger partial charge in [0.25, 0.3) is 0 Å². The highest BCUT2D eigenvalue weighted by molar-refractivity contribution is 9.10. The first-order valence-electron chi connectivity index (χ1n) is 11.1. The van der Waals surface area contributed by atoms with Gasteiger partial charge in [0.2, 0.25) is 0 Å². The van der Waals surface area contributed by atoms with Crippen molar-refractivity contribution in [1.29, 1.82) is 0 Å². The summed E-state index contributed by atoms with van der Waals surface area (Å²) in [6.07, 6.45) is 2.35. The molecule has 6 heteroatoms. The molecule has 1 fully saturated rings. The molecule has 0 unspecified atom stereocenters. The van der Waals surface area contributed by atoms with Crippen LogP contribution < -0.4 is 4.90 Å². The Bertz CT molecular complexity index is 1160. The standard InChI is InChI=1S/C26H27BrN2O2S/c1-26(2)14-22-24(23(30)15-26)32-25(28-22)29-10-11-31-16-19(29)13-17-6-5-7-18(12-17)20-8-3-4-9-21(20)27/h3-9,12,19H,10-11,13-16H2,1-2H3/t19-/m0/s1. The van der Waals surface area contributed by atoms with Gasteiger partial charge in [0.1, 0.15) is 0 Å². The average Bonchev–Trinajstić information content (AvgIpc) is 3.18. The summed E-state index contributed by atoms with van der Waals surface area (Å²) in [4.78, 5) is 20.9. The Morgan fingerprint density at radius 3 is 2.88 bits per heavy atom. The lowest BCUT2D eigenvalue weighted by Gasteiger charge is -2.35. The van der Waals surface area contributed by atoms with Gasteiger partial charge in [-0.25, -0.2) is 4.98 Å². The third kappa shape index (κ3) is 4.41. The number of aromatic nitrogens is 1. The topological polar surface area (TPSA) is 42.4 Å². The minimum Gasteiger partial charge on any atom is -0.377 e. The third-order valence-electron chi connectivity index (χ3n) is 6.28. The molecular weight excluding hydrogens is 484 g/mol. The van der Waals surface area contributed by atoms with Crippen molar-refractivity contribution in [3.63, 3.8) is 0 Å². The molecule has 2 aromatic carbocycles. The number of rotatable bonds is 4. The van der Waals surface area contributed by atoms with Crippen LogP contribution in [0.3, 0.4) is 0 Å². The van der Waals surface area contributed by atoms with Crippen molar-refractivity contribution in [3.05, 3.63) is 69.1 Å². The van der Waals surface area contributed by atoms with E-state index < -0.39 is 0 Å². The van der Waals surface area contributed by atoms with E-state index in [1.165, 1.54) is 16.7 Å². The average molecular weight is 511 g/mol. The summed E-state index contributed by atoms with van der Waals surface area (Å²) in [5.74, 6) is 0.242. The van der Waals surface area contributed by atoms with Crippen LogP contribution in [0.25, 0.3) is 11.1 Å². The Kier molecular flexibility index (Phi) is 5.95. The van der Waals surface area contributed by atoms with Crippen molar-refractivity contribution in [3.8, 4) is 11.1 Å². The van der Waals surface area contributed by atoms with Crippen LogP contribution in [-0.4, -0.2) is 36.6 Å². The quantitative estimate of drug-likeness (QED) is 0.420. The highest BCUT2D eigenvalue weighted by Gasteiger charge is 2.36. The minimum atomic E-state index is -0.00795. The van der Waals surface area contributed by atoms with E-state index >= 15 is 0 Å². The zero-order valence-corrected chi connectivity index (χ0v) is 20.8. The smallest absolute Gasteiger partial charge is 0.186 e. The number of anilines is 1. The highest BCUT2D eigenvalue weighted by atomic mass is 79.9. The van der Waals surface area contributed by atoms with Gasteiger partial charge in [-0.2, -0.15) is 0 Å². The van der Waals surface area contributed by atoms with Gasteiger partial charge in [0.15, 0.2) is 10.9 Å². The van der Waals surface area contributed by atoms with E-state index in [0.717, 1.165) is 39.6 Å². The van der Waals surface area contributed by atoms with E-state index in [-0.39, 0.29) is 17.2 Å². The summed E-state index contributed by atoms with van der Waals surface area (Å²) >= 11 is 5.24. The number of carbonyl (C=O) groups is 1. The summed E-state index contributed by atoms with van der Waals surface area (Å²) in [5.41, 5.74) is 4.65. The van der Waals surface area contributed by atoms with Crippen molar-refractivity contribution < 1.29 is 9.53 Å². The summed E-state index contributed by atoms with van der Waals surface area (Å²) in [5, 5.41) is 0.969. The van der Waals surface area contributed by atoms with Gasteiger partial charge >= 0.3 is 0 Å². The van der Waals surface area contributed by atoms with Crippen molar-refractivity contribution >= 4 is 38.2 Å². The SMILES string of the molecule is CC1(C)CC(=O)c2sc(N3CCOC[C@@H]3Cc3cccc(-c4ccccc4Br)c3)nc2C1. The van der Waals surface area contributed by atoms with Gasteiger partial charge in [0.05, 0.1) is 29.8 Å². The number of morpholine rings is 1. The molecule has 5 rings (SSSR count). The molecule has 2 aliphatic rings. The number of ketones is 1. The summed E-state index contributed by atoms with van der Waals surface area (Å²) in [6.45, 7) is 6.48. The Labute approximate surface area is 201 Å². The van der Waals surface area contributed by atoms with Gasteiger partial charge < -0.3 is 9.64 Å². The number of nitrogens with zero attached hydrogens (tertiary/aromatic N) is 2. The molecule has 32 heavy (non-hydrogen) atoms. The molecule has 0 saturated carbocycles. The van der Waals surface area contributed by atoms with Gasteiger partial charge in [-0.15, -0.1) is 0 Å². The molecule has 1 saturated heterocycles. The normalized spacial score (nSPS) is 20.3. The molecule has 0 radical (unpaired) electrons. The molecule has 0 amide bonds. The van der Waals surface area contributed by atoms with Crippen LogP contribution >= 0.6 is 27.3 Å². The first kappa shape index (κ1) is 21.8. The third-order valence-corrected chi connectivity index (χ3v) is 8.15. The summed E-state index contributed by atoms with van der Waals surface area (Å²) < 4.78 is 6.95. The predicted molar refractivity (Wildman–Crippen MR) is 134 cm³/mol. The number of benzene rings is 2. The van der Waals surface area contributed by atoms with Crippen LogP contribution in [0.15, 0.2) is 53.0 Å². The fourth-order valence-corrected chi connectivity index (χ4v) is 6.37. The van der Waals surface area contributed by atoms with Crippen molar-refractivity contribution in [2.75, 3.05) is 24.7 Å². The van der Waals surface area contributed by atoms with Crippen molar-refractivity contribution in [2.24, 2.45) is 5.41 Å². The van der Waals surface area contributed by atoms with Gasteiger partial charge in [-0.3, -0.25) is 4.79 Å². The monoisotopic (exact) mass is 510 g/mol. The second kappa shape index (κ2) is 8.73. The number of fused-ring (bicyclic) bond motifs is 1. The first-order chi connectivity index (χ1) is 15.4. The lowest BCUT2D eigenvalue weighted by molar-refractivity contribution is 0.0915. The van der Waals surface area contributed by atoms with E-state index in [2.05, 4.69) is 77.1 Å². The maximum absolute atomic E-state index is 12.7. The van der Waals surface area contributed by atoms with E-state index in [9.17, 15) is 4.79 Å². The van der Waals surface area contributed by atoms with E-state index in [1.807, 2.05) is 6.07 Å². The maximum Gasteiger partial charge on any atom is 0.186 e. The second-order valence-corrected chi connectivity index (χ2v) is 11.4. The molecule has 1 aliphatic carbocycles. The van der Waals surface area contributed by atoms with Gasteiger partial charge in [0, 0.05) is 17.4 Å². The van der Waals surface area contributed by atoms with Crippen LogP contribution in [-0.2, 0) is 17.6 Å². The first-order valence-corrected chi connectivity index (χ1v) is 12.7. The molecule has 0 spiro atoms. The van der Waals surface area contributed by atoms with Gasteiger partial charge in [-0.1, -0.05) is 83.6 Å². The Morgan fingerprint density at radius 1 is 1.19 bits per heavy atom. The van der Waals surface area contributed by atoms with Crippen molar-refractivity contribution in [2.45, 2.75) is 39.2 Å². The lowest BCUT2D eigenvalue weighted by atomic mass is 9.78. The predicted octanol–water partition coefficient (Wildman–Crippen LogP) is 6.18. The zero-order valence-electron chi connectivity index (χ0n) is 18.4. The number of halogens is 1. The van der Waals surface area contributed by atoms with E-state index in [1.54, 1.807) is 11.3 Å². The zero-order chi connectivity index (χ0) is 22.3. The maximum atomic E-state index is 12.7. The Morgan fingerprint density at radius 2 is 2.03 bits per heavy atom. The van der Waals surface area contributed by atoms with E-state index in [0.29, 0.717) is 19.6 Å². The van der Waals surface area contributed by atoms with Crippen molar-refractivity contribution in [1.82, 2.24) is 4.98 Å². The molecular formula is C26H27BrN2O2S. The number of hydrogen-bond donors (Lipinski definition) is 0. The molecule has 166 valence electrons. The molecule has 1 aromatic heterocycles. The van der Waals surface area contributed by atoms with Crippen LogP contribution in [0.1, 0.15) is 41.2 Å². The minimum absolute atomic E-state index is 0.00795. The molecule has 4 nitrogen and oxygen atoms in total. The summed E-state index contributed by atoms with van der Waals surface area (Å²) in [7, 11) is 0. The molecule has 1 atom stereocenters. The van der Waals surface area contributed by atoms with E-state index in [4.69, 9.17) is 9.72 Å². The molecule has 2 heterocycles. The number of hydrogen-bond acceptors (Lipinski definition) is 5.